The Bertz CT molecular complexity index is 521. The van der Waals surface area contributed by atoms with E-state index in [0.717, 1.165) is 22.9 Å². The number of hydrogen-bond acceptors (Lipinski definition) is 6. The number of nitrogens with one attached hydrogen (secondary N) is 1. The van der Waals surface area contributed by atoms with E-state index in [0.29, 0.717) is 13.1 Å². The maximum Gasteiger partial charge on any atom is 0.365 e. The molecule has 0 aliphatic heterocycles. The topological polar surface area (TPSA) is 92.9 Å². The molecule has 2 heterocycles. The zero-order valence-electron chi connectivity index (χ0n) is 9.12. The van der Waals surface area contributed by atoms with Crippen LogP contribution >= 0.6 is 11.3 Å². The van der Waals surface area contributed by atoms with E-state index in [1.807, 2.05) is 11.6 Å². The van der Waals surface area contributed by atoms with Crippen molar-refractivity contribution in [2.75, 3.05) is 0 Å². The highest BCUT2D eigenvalue weighted by Crippen LogP contribution is 2.09. The average molecular weight is 253 g/mol. The fourth-order valence-corrected chi connectivity index (χ4v) is 1.91. The van der Waals surface area contributed by atoms with E-state index in [1.165, 1.54) is 0 Å². The molecule has 17 heavy (non-hydrogen) atoms. The largest absolute Gasteiger partial charge is 0.476 e. The zero-order chi connectivity index (χ0) is 12.3. The minimum absolute atomic E-state index is 0.112. The smallest absolute Gasteiger partial charge is 0.365 e. The summed E-state index contributed by atoms with van der Waals surface area (Å²) in [6, 6.07) is 0. The Morgan fingerprint density at radius 1 is 1.59 bits per heavy atom. The second kappa shape index (κ2) is 5.02. The Balaban J connectivity index is 1.86. The van der Waals surface area contributed by atoms with E-state index >= 15 is 0 Å². The summed E-state index contributed by atoms with van der Waals surface area (Å²) >= 11 is 1.12. The van der Waals surface area contributed by atoms with Crippen molar-refractivity contribution in [2.24, 2.45) is 7.05 Å². The van der Waals surface area contributed by atoms with Gasteiger partial charge in [0.05, 0.1) is 12.2 Å². The number of carboxylic acids is 1. The summed E-state index contributed by atoms with van der Waals surface area (Å²) in [6.45, 7) is 1.08. The molecular weight excluding hydrogens is 242 g/mol. The van der Waals surface area contributed by atoms with Crippen molar-refractivity contribution in [2.45, 2.75) is 13.1 Å². The monoisotopic (exact) mass is 253 g/mol. The Morgan fingerprint density at radius 2 is 2.41 bits per heavy atom. The first-order valence-electron chi connectivity index (χ1n) is 4.88. The highest BCUT2D eigenvalue weighted by molar-refractivity contribution is 7.11. The van der Waals surface area contributed by atoms with Crippen LogP contribution in [-0.4, -0.2) is 30.8 Å². The Hall–Kier alpha value is -1.80. The van der Waals surface area contributed by atoms with E-state index in [9.17, 15) is 4.79 Å². The van der Waals surface area contributed by atoms with Crippen LogP contribution in [0.3, 0.4) is 0 Å². The average Bonchev–Trinajstić information content (AvgIpc) is 2.89. The standard InChI is InChI=1S/C9H11N5O2S/c1-14-5-11-13-7(14)3-10-2-6-4-17-8(12-6)9(15)16/h4-5,10H,2-3H2,1H3,(H,15,16). The molecule has 2 aromatic rings. The number of aryl methyl sites for hydroxylation is 1. The van der Waals surface area contributed by atoms with Crippen LogP contribution in [-0.2, 0) is 20.1 Å². The first kappa shape index (κ1) is 11.7. The van der Waals surface area contributed by atoms with E-state index in [-0.39, 0.29) is 5.01 Å². The number of carbonyl (C=O) groups is 1. The number of rotatable bonds is 5. The number of thiazole rings is 1. The summed E-state index contributed by atoms with van der Waals surface area (Å²) in [5, 5.41) is 21.4. The molecule has 7 nitrogen and oxygen atoms in total. The van der Waals surface area contributed by atoms with Crippen LogP contribution in [0.15, 0.2) is 11.7 Å². The Labute approximate surface area is 101 Å². The van der Waals surface area contributed by atoms with Crippen molar-refractivity contribution < 1.29 is 9.90 Å². The summed E-state index contributed by atoms with van der Waals surface area (Å²) in [5.41, 5.74) is 0.717. The molecule has 0 fully saturated rings. The van der Waals surface area contributed by atoms with Gasteiger partial charge in [-0.2, -0.15) is 0 Å². The van der Waals surface area contributed by atoms with Crippen LogP contribution < -0.4 is 5.32 Å². The normalized spacial score (nSPS) is 10.6. The van der Waals surface area contributed by atoms with Gasteiger partial charge in [0.15, 0.2) is 0 Å². The Kier molecular flexibility index (Phi) is 3.45. The molecule has 0 saturated heterocycles. The van der Waals surface area contributed by atoms with E-state index < -0.39 is 5.97 Å². The first-order valence-corrected chi connectivity index (χ1v) is 5.76. The van der Waals surface area contributed by atoms with Gasteiger partial charge in [-0.25, -0.2) is 9.78 Å². The molecule has 90 valence electrons. The van der Waals surface area contributed by atoms with Gasteiger partial charge in [0.2, 0.25) is 5.01 Å². The molecule has 2 rings (SSSR count). The maximum atomic E-state index is 10.6. The van der Waals surface area contributed by atoms with Gasteiger partial charge in [0.1, 0.15) is 12.2 Å². The summed E-state index contributed by atoms with van der Waals surface area (Å²) in [7, 11) is 1.86. The molecule has 0 aliphatic rings. The molecule has 2 N–H and O–H groups in total. The molecule has 2 aromatic heterocycles. The minimum Gasteiger partial charge on any atom is -0.476 e. The van der Waals surface area contributed by atoms with Crippen LogP contribution in [0.25, 0.3) is 0 Å². The fourth-order valence-electron chi connectivity index (χ4n) is 1.26. The van der Waals surface area contributed by atoms with Crippen molar-refractivity contribution in [1.29, 1.82) is 0 Å². The van der Waals surface area contributed by atoms with E-state index in [4.69, 9.17) is 5.11 Å². The lowest BCUT2D eigenvalue weighted by atomic mass is 10.4. The minimum atomic E-state index is -0.991. The number of nitrogens with zero attached hydrogens (tertiary/aromatic N) is 4. The molecule has 0 amide bonds. The van der Waals surface area contributed by atoms with Gasteiger partial charge in [-0.1, -0.05) is 0 Å². The fraction of sp³-hybridized carbons (Fsp3) is 0.333. The van der Waals surface area contributed by atoms with Gasteiger partial charge in [0, 0.05) is 19.0 Å². The Morgan fingerprint density at radius 3 is 3.00 bits per heavy atom. The van der Waals surface area contributed by atoms with Crippen LogP contribution in [0.5, 0.6) is 0 Å². The summed E-state index contributed by atoms with van der Waals surface area (Å²) in [6.07, 6.45) is 1.63. The lowest BCUT2D eigenvalue weighted by Gasteiger charge is -2.01. The zero-order valence-corrected chi connectivity index (χ0v) is 9.94. The highest BCUT2D eigenvalue weighted by Gasteiger charge is 2.08. The first-order chi connectivity index (χ1) is 8.16. The SMILES string of the molecule is Cn1cnnc1CNCc1csc(C(=O)O)n1. The summed E-state index contributed by atoms with van der Waals surface area (Å²) in [4.78, 5) is 14.6. The second-order valence-electron chi connectivity index (χ2n) is 3.41. The van der Waals surface area contributed by atoms with Crippen LogP contribution in [0.2, 0.25) is 0 Å². The number of aromatic carboxylic acids is 1. The molecule has 0 aromatic carbocycles. The quantitative estimate of drug-likeness (QED) is 0.794. The van der Waals surface area contributed by atoms with Gasteiger partial charge in [-0.3, -0.25) is 0 Å². The molecule has 0 atom stereocenters. The third-order valence-corrected chi connectivity index (χ3v) is 3.01. The van der Waals surface area contributed by atoms with Gasteiger partial charge in [-0.15, -0.1) is 21.5 Å². The van der Waals surface area contributed by atoms with Gasteiger partial charge >= 0.3 is 5.97 Å². The maximum absolute atomic E-state index is 10.6. The number of aromatic nitrogens is 4. The third-order valence-electron chi connectivity index (χ3n) is 2.13. The van der Waals surface area contributed by atoms with Crippen LogP contribution in [0.4, 0.5) is 0 Å². The molecule has 0 radical (unpaired) electrons. The van der Waals surface area contributed by atoms with Gasteiger partial charge in [-0.05, 0) is 0 Å². The lowest BCUT2D eigenvalue weighted by Crippen LogP contribution is -2.16. The molecule has 0 spiro atoms. The lowest BCUT2D eigenvalue weighted by molar-refractivity contribution is 0.0696. The molecule has 0 saturated carbocycles. The van der Waals surface area contributed by atoms with Crippen molar-refractivity contribution in [3.05, 3.63) is 28.2 Å². The molecule has 0 bridgehead atoms. The predicted octanol–water partition coefficient (Wildman–Crippen LogP) is 0.260. The van der Waals surface area contributed by atoms with Crippen molar-refractivity contribution in [1.82, 2.24) is 25.1 Å². The third kappa shape index (κ3) is 2.86. The van der Waals surface area contributed by atoms with Gasteiger partial charge in [0.25, 0.3) is 0 Å². The highest BCUT2D eigenvalue weighted by atomic mass is 32.1. The van der Waals surface area contributed by atoms with Crippen molar-refractivity contribution in [3.63, 3.8) is 0 Å². The molecule has 0 aliphatic carbocycles. The predicted molar refractivity (Wildman–Crippen MR) is 60.6 cm³/mol. The molecule has 8 heteroatoms. The van der Waals surface area contributed by atoms with Crippen molar-refractivity contribution in [3.8, 4) is 0 Å². The van der Waals surface area contributed by atoms with Gasteiger partial charge < -0.3 is 15.0 Å². The summed E-state index contributed by atoms with van der Waals surface area (Å²) in [5.74, 6) is -0.173. The van der Waals surface area contributed by atoms with Crippen LogP contribution in [0.1, 0.15) is 21.3 Å². The molecule has 0 unspecified atom stereocenters. The van der Waals surface area contributed by atoms with E-state index in [2.05, 4.69) is 20.5 Å². The second-order valence-corrected chi connectivity index (χ2v) is 4.27. The number of carboxylic acid groups (broad SMARTS) is 1. The van der Waals surface area contributed by atoms with Crippen molar-refractivity contribution >= 4 is 17.3 Å². The van der Waals surface area contributed by atoms with E-state index in [1.54, 1.807) is 11.7 Å². The number of hydrogen-bond donors (Lipinski definition) is 2. The van der Waals surface area contributed by atoms with Crippen LogP contribution in [0, 0.1) is 0 Å². The molecular formula is C9H11N5O2S. The summed E-state index contributed by atoms with van der Waals surface area (Å²) < 4.78 is 1.82.